The number of nitrogens with two attached hydrogens (primary N) is 1. The van der Waals surface area contributed by atoms with E-state index < -0.39 is 21.8 Å². The second-order valence-corrected chi connectivity index (χ2v) is 8.32. The summed E-state index contributed by atoms with van der Waals surface area (Å²) >= 11 is 0. The number of anilines is 2. The normalized spacial score (nSPS) is 11.1. The van der Waals surface area contributed by atoms with Crippen molar-refractivity contribution in [3.63, 3.8) is 0 Å². The summed E-state index contributed by atoms with van der Waals surface area (Å²) in [7, 11) is -3.91. The summed E-state index contributed by atoms with van der Waals surface area (Å²) < 4.78 is 33.8. The van der Waals surface area contributed by atoms with Crippen LogP contribution in [0.25, 0.3) is 0 Å². The van der Waals surface area contributed by atoms with Crippen molar-refractivity contribution in [1.29, 1.82) is 0 Å². The molecular weight excluding hydrogens is 422 g/mol. The van der Waals surface area contributed by atoms with E-state index in [-0.39, 0.29) is 17.3 Å². The van der Waals surface area contributed by atoms with Crippen molar-refractivity contribution in [2.45, 2.75) is 18.7 Å². The number of primary sulfonamides is 1. The van der Waals surface area contributed by atoms with Crippen molar-refractivity contribution in [1.82, 2.24) is 0 Å². The van der Waals surface area contributed by atoms with Gasteiger partial charge < -0.3 is 19.8 Å². The predicted molar refractivity (Wildman–Crippen MR) is 115 cm³/mol. The molecule has 0 aliphatic rings. The Morgan fingerprint density at radius 3 is 2.52 bits per heavy atom. The molecule has 0 aliphatic heterocycles. The topological polar surface area (TPSA) is 141 Å². The van der Waals surface area contributed by atoms with E-state index in [0.717, 1.165) is 0 Å². The average molecular weight is 443 g/mol. The van der Waals surface area contributed by atoms with E-state index >= 15 is 0 Å². The largest absolute Gasteiger partial charge is 0.484 e. The van der Waals surface area contributed by atoms with Gasteiger partial charge in [-0.15, -0.1) is 0 Å². The summed E-state index contributed by atoms with van der Waals surface area (Å²) in [6.45, 7) is 3.15. The Balaban J connectivity index is 1.64. The number of aryl methyl sites for hydroxylation is 1. The van der Waals surface area contributed by atoms with Gasteiger partial charge in [0.1, 0.15) is 5.75 Å². The Hall–Kier alpha value is -3.63. The monoisotopic (exact) mass is 443 g/mol. The van der Waals surface area contributed by atoms with Crippen LogP contribution < -0.4 is 20.5 Å². The summed E-state index contributed by atoms with van der Waals surface area (Å²) in [6.07, 6.45) is 1.40. The fourth-order valence-electron chi connectivity index (χ4n) is 2.72. The molecular formula is C21H21N3O6S. The Kier molecular flexibility index (Phi) is 6.42. The van der Waals surface area contributed by atoms with Gasteiger partial charge in [-0.2, -0.15) is 0 Å². The lowest BCUT2D eigenvalue weighted by Crippen LogP contribution is -2.21. The maximum Gasteiger partial charge on any atom is 0.291 e. The van der Waals surface area contributed by atoms with E-state index in [1.54, 1.807) is 44.2 Å². The maximum atomic E-state index is 12.3. The molecule has 0 atom stereocenters. The van der Waals surface area contributed by atoms with E-state index in [9.17, 15) is 18.0 Å². The minimum Gasteiger partial charge on any atom is -0.484 e. The van der Waals surface area contributed by atoms with Crippen LogP contribution >= 0.6 is 0 Å². The lowest BCUT2D eigenvalue weighted by Gasteiger charge is -2.13. The van der Waals surface area contributed by atoms with Crippen molar-refractivity contribution in [2.75, 3.05) is 17.2 Å². The third kappa shape index (κ3) is 5.71. The zero-order chi connectivity index (χ0) is 22.6. The van der Waals surface area contributed by atoms with Crippen LogP contribution in [-0.2, 0) is 14.8 Å². The Morgan fingerprint density at radius 2 is 1.84 bits per heavy atom. The summed E-state index contributed by atoms with van der Waals surface area (Å²) in [5.74, 6) is -0.378. The minimum absolute atomic E-state index is 0.0909. The fourth-order valence-corrected chi connectivity index (χ4v) is 3.34. The summed E-state index contributed by atoms with van der Waals surface area (Å²) in [5, 5.41) is 10.5. The highest BCUT2D eigenvalue weighted by Crippen LogP contribution is 2.24. The highest BCUT2D eigenvalue weighted by atomic mass is 32.2. The Labute approximate surface area is 179 Å². The van der Waals surface area contributed by atoms with E-state index in [1.165, 1.54) is 24.5 Å². The first-order valence-corrected chi connectivity index (χ1v) is 10.7. The third-order valence-corrected chi connectivity index (χ3v) is 5.34. The van der Waals surface area contributed by atoms with E-state index in [0.29, 0.717) is 28.3 Å². The van der Waals surface area contributed by atoms with Crippen molar-refractivity contribution in [3.05, 3.63) is 71.7 Å². The first-order valence-electron chi connectivity index (χ1n) is 9.15. The van der Waals surface area contributed by atoms with Crippen molar-refractivity contribution >= 4 is 33.2 Å². The number of furan rings is 1. The molecule has 9 nitrogen and oxygen atoms in total. The average Bonchev–Trinajstić information content (AvgIpc) is 3.24. The number of nitrogens with one attached hydrogen (secondary N) is 2. The molecule has 31 heavy (non-hydrogen) atoms. The maximum absolute atomic E-state index is 12.3. The molecule has 0 saturated heterocycles. The zero-order valence-electron chi connectivity index (χ0n) is 16.8. The Morgan fingerprint density at radius 1 is 1.06 bits per heavy atom. The quantitative estimate of drug-likeness (QED) is 0.513. The number of hydrogen-bond donors (Lipinski definition) is 3. The standard InChI is InChI=1S/C21H21N3O6S/c1-13-9-17(31(22,27)28)11-18(14(13)2)24-20(25)12-30-16-6-3-5-15(10-16)23-21(26)19-7-4-8-29-19/h3-11H,12H2,1-2H3,(H,23,26)(H,24,25)(H2,22,27,28). The second kappa shape index (κ2) is 9.02. The first kappa shape index (κ1) is 22.1. The molecule has 2 amide bonds. The highest BCUT2D eigenvalue weighted by molar-refractivity contribution is 7.89. The van der Waals surface area contributed by atoms with Crippen LogP contribution in [-0.4, -0.2) is 26.8 Å². The molecule has 1 heterocycles. The van der Waals surface area contributed by atoms with E-state index in [4.69, 9.17) is 14.3 Å². The van der Waals surface area contributed by atoms with Crippen LogP contribution in [0.4, 0.5) is 11.4 Å². The van der Waals surface area contributed by atoms with Gasteiger partial charge in [0.2, 0.25) is 10.0 Å². The van der Waals surface area contributed by atoms with Crippen LogP contribution in [0.3, 0.4) is 0 Å². The summed E-state index contributed by atoms with van der Waals surface area (Å²) in [5.41, 5.74) is 2.18. The van der Waals surface area contributed by atoms with Crippen LogP contribution in [0.15, 0.2) is 64.1 Å². The Bertz CT molecular complexity index is 1220. The molecule has 0 fully saturated rings. The molecule has 3 aromatic rings. The molecule has 1 aromatic heterocycles. The summed E-state index contributed by atoms with van der Waals surface area (Å²) in [6, 6.07) is 12.4. The lowest BCUT2D eigenvalue weighted by molar-refractivity contribution is -0.118. The van der Waals surface area contributed by atoms with Gasteiger partial charge in [-0.25, -0.2) is 13.6 Å². The van der Waals surface area contributed by atoms with Crippen molar-refractivity contribution < 1.29 is 27.2 Å². The first-order chi connectivity index (χ1) is 14.6. The fraction of sp³-hybridized carbons (Fsp3) is 0.143. The number of carbonyl (C=O) groups excluding carboxylic acids is 2. The number of amides is 2. The second-order valence-electron chi connectivity index (χ2n) is 6.75. The molecule has 0 radical (unpaired) electrons. The number of rotatable bonds is 7. The SMILES string of the molecule is Cc1cc(S(N)(=O)=O)cc(NC(=O)COc2cccc(NC(=O)c3ccco3)c2)c1C. The number of sulfonamides is 1. The van der Waals surface area contributed by atoms with Gasteiger partial charge in [0.05, 0.1) is 11.2 Å². The van der Waals surface area contributed by atoms with Gasteiger partial charge in [-0.1, -0.05) is 6.07 Å². The van der Waals surface area contributed by atoms with E-state index in [1.807, 2.05) is 0 Å². The van der Waals surface area contributed by atoms with Gasteiger partial charge in [0.15, 0.2) is 12.4 Å². The molecule has 162 valence electrons. The third-order valence-electron chi connectivity index (χ3n) is 4.45. The highest BCUT2D eigenvalue weighted by Gasteiger charge is 2.15. The molecule has 0 bridgehead atoms. The lowest BCUT2D eigenvalue weighted by atomic mass is 10.1. The molecule has 0 saturated carbocycles. The molecule has 2 aromatic carbocycles. The number of hydrogen-bond acceptors (Lipinski definition) is 6. The zero-order valence-corrected chi connectivity index (χ0v) is 17.7. The van der Waals surface area contributed by atoms with Gasteiger partial charge in [0, 0.05) is 17.4 Å². The van der Waals surface area contributed by atoms with Crippen molar-refractivity contribution in [3.8, 4) is 5.75 Å². The van der Waals surface area contributed by atoms with Gasteiger partial charge >= 0.3 is 0 Å². The number of ether oxygens (including phenoxy) is 1. The molecule has 0 unspecified atom stereocenters. The smallest absolute Gasteiger partial charge is 0.291 e. The number of benzene rings is 2. The van der Waals surface area contributed by atoms with Crippen LogP contribution in [0.1, 0.15) is 21.7 Å². The van der Waals surface area contributed by atoms with Gasteiger partial charge in [0.25, 0.3) is 11.8 Å². The van der Waals surface area contributed by atoms with Gasteiger partial charge in [-0.05, 0) is 61.4 Å². The minimum atomic E-state index is -3.91. The molecule has 4 N–H and O–H groups in total. The molecule has 0 aliphatic carbocycles. The van der Waals surface area contributed by atoms with Crippen molar-refractivity contribution in [2.24, 2.45) is 5.14 Å². The number of carbonyl (C=O) groups is 2. The summed E-state index contributed by atoms with van der Waals surface area (Å²) in [4.78, 5) is 24.3. The van der Waals surface area contributed by atoms with Crippen LogP contribution in [0, 0.1) is 13.8 Å². The van der Waals surface area contributed by atoms with Gasteiger partial charge in [-0.3, -0.25) is 9.59 Å². The molecule has 10 heteroatoms. The molecule has 0 spiro atoms. The van der Waals surface area contributed by atoms with Crippen LogP contribution in [0.2, 0.25) is 0 Å². The van der Waals surface area contributed by atoms with E-state index in [2.05, 4.69) is 10.6 Å². The molecule has 3 rings (SSSR count). The van der Waals surface area contributed by atoms with Crippen LogP contribution in [0.5, 0.6) is 5.75 Å². The predicted octanol–water partition coefficient (Wildman–Crippen LogP) is 2.81.